The Hall–Kier alpha value is -1.88. The lowest BCUT2D eigenvalue weighted by molar-refractivity contribution is -0.114. The Morgan fingerprint density at radius 2 is 1.90 bits per heavy atom. The van der Waals surface area contributed by atoms with Crippen LogP contribution in [-0.2, 0) is 4.79 Å². The van der Waals surface area contributed by atoms with Crippen molar-refractivity contribution >= 4 is 33.2 Å². The number of carbonyl (C=O) groups excluding carboxylic acids is 1. The molecule has 0 saturated heterocycles. The van der Waals surface area contributed by atoms with Crippen molar-refractivity contribution in [1.82, 2.24) is 0 Å². The Morgan fingerprint density at radius 3 is 2.55 bits per heavy atom. The Bertz CT molecular complexity index is 594. The van der Waals surface area contributed by atoms with Gasteiger partial charge in [0.25, 0.3) is 0 Å². The number of rotatable bonds is 4. The van der Waals surface area contributed by atoms with E-state index >= 15 is 0 Å². The van der Waals surface area contributed by atoms with Gasteiger partial charge in [0, 0.05) is 10.2 Å². The van der Waals surface area contributed by atoms with E-state index in [1.807, 2.05) is 12.1 Å². The highest BCUT2D eigenvalue weighted by Gasteiger charge is 2.07. The van der Waals surface area contributed by atoms with Gasteiger partial charge in [0.15, 0.2) is 0 Å². The van der Waals surface area contributed by atoms with Gasteiger partial charge in [-0.25, -0.2) is 4.39 Å². The summed E-state index contributed by atoms with van der Waals surface area (Å²) < 4.78 is 14.5. The number of anilines is 2. The van der Waals surface area contributed by atoms with Crippen LogP contribution < -0.4 is 10.6 Å². The van der Waals surface area contributed by atoms with Crippen molar-refractivity contribution in [2.24, 2.45) is 0 Å². The summed E-state index contributed by atoms with van der Waals surface area (Å²) in [7, 11) is 0. The summed E-state index contributed by atoms with van der Waals surface area (Å²) >= 11 is 3.32. The molecule has 0 unspecified atom stereocenters. The van der Waals surface area contributed by atoms with Crippen LogP contribution in [0.2, 0.25) is 0 Å². The molecule has 0 aromatic heterocycles. The number of aryl methyl sites for hydroxylation is 1. The molecular formula is C15H14BrFN2O. The van der Waals surface area contributed by atoms with Crippen LogP contribution in [0.5, 0.6) is 0 Å². The van der Waals surface area contributed by atoms with Gasteiger partial charge in [0.2, 0.25) is 5.91 Å². The van der Waals surface area contributed by atoms with E-state index in [0.717, 1.165) is 10.0 Å². The molecule has 0 saturated carbocycles. The Morgan fingerprint density at radius 1 is 1.20 bits per heavy atom. The smallest absolute Gasteiger partial charge is 0.243 e. The Labute approximate surface area is 125 Å². The standard InChI is InChI=1S/C15H14BrFN2O/c1-10-3-2-4-13(17)15(10)18-9-14(20)19-12-7-5-11(16)6-8-12/h2-8,18H,9H2,1H3,(H,19,20). The van der Waals surface area contributed by atoms with Gasteiger partial charge in [-0.05, 0) is 42.8 Å². The first-order valence-corrected chi connectivity index (χ1v) is 6.90. The molecule has 0 atom stereocenters. The minimum atomic E-state index is -0.360. The van der Waals surface area contributed by atoms with Gasteiger partial charge < -0.3 is 10.6 Å². The normalized spacial score (nSPS) is 10.2. The van der Waals surface area contributed by atoms with Crippen molar-refractivity contribution in [3.8, 4) is 0 Å². The molecule has 0 spiro atoms. The molecule has 104 valence electrons. The molecule has 5 heteroatoms. The number of hydrogen-bond donors (Lipinski definition) is 2. The first-order chi connectivity index (χ1) is 9.56. The molecule has 3 nitrogen and oxygen atoms in total. The van der Waals surface area contributed by atoms with E-state index in [2.05, 4.69) is 26.6 Å². The largest absolute Gasteiger partial charge is 0.374 e. The van der Waals surface area contributed by atoms with Gasteiger partial charge >= 0.3 is 0 Å². The van der Waals surface area contributed by atoms with E-state index in [0.29, 0.717) is 11.4 Å². The summed E-state index contributed by atoms with van der Waals surface area (Å²) in [5.74, 6) is -0.587. The number of carbonyl (C=O) groups is 1. The number of benzene rings is 2. The fraction of sp³-hybridized carbons (Fsp3) is 0.133. The highest BCUT2D eigenvalue weighted by Crippen LogP contribution is 2.18. The van der Waals surface area contributed by atoms with Crippen LogP contribution in [-0.4, -0.2) is 12.5 Å². The molecule has 20 heavy (non-hydrogen) atoms. The maximum atomic E-state index is 13.6. The number of halogens is 2. The van der Waals surface area contributed by atoms with Crippen molar-refractivity contribution in [2.75, 3.05) is 17.2 Å². The topological polar surface area (TPSA) is 41.1 Å². The average Bonchev–Trinajstić information content (AvgIpc) is 2.41. The highest BCUT2D eigenvalue weighted by molar-refractivity contribution is 9.10. The van der Waals surface area contributed by atoms with Crippen LogP contribution in [0.4, 0.5) is 15.8 Å². The Balaban J connectivity index is 1.94. The second-order valence-corrected chi connectivity index (χ2v) is 5.26. The lowest BCUT2D eigenvalue weighted by Gasteiger charge is -2.10. The molecule has 0 bridgehead atoms. The molecule has 0 aliphatic rings. The summed E-state index contributed by atoms with van der Waals surface area (Å²) in [5.41, 5.74) is 1.82. The van der Waals surface area contributed by atoms with Gasteiger partial charge in [0.1, 0.15) is 5.82 Å². The minimum absolute atomic E-state index is 0.0117. The zero-order chi connectivity index (χ0) is 14.5. The highest BCUT2D eigenvalue weighted by atomic mass is 79.9. The third-order valence-corrected chi connectivity index (χ3v) is 3.30. The van der Waals surface area contributed by atoms with Gasteiger partial charge in [-0.1, -0.05) is 28.1 Å². The maximum Gasteiger partial charge on any atom is 0.243 e. The minimum Gasteiger partial charge on any atom is -0.374 e. The van der Waals surface area contributed by atoms with E-state index in [1.54, 1.807) is 31.2 Å². The molecule has 1 amide bonds. The zero-order valence-corrected chi connectivity index (χ0v) is 12.5. The summed E-state index contributed by atoms with van der Waals surface area (Å²) in [6.07, 6.45) is 0. The van der Waals surface area contributed by atoms with E-state index in [4.69, 9.17) is 0 Å². The van der Waals surface area contributed by atoms with E-state index in [9.17, 15) is 9.18 Å². The second kappa shape index (κ2) is 6.52. The number of hydrogen-bond acceptors (Lipinski definition) is 2. The van der Waals surface area contributed by atoms with Crippen molar-refractivity contribution in [3.63, 3.8) is 0 Å². The maximum absolute atomic E-state index is 13.6. The number of nitrogens with one attached hydrogen (secondary N) is 2. The molecule has 0 aliphatic heterocycles. The van der Waals surface area contributed by atoms with Crippen LogP contribution in [0.3, 0.4) is 0 Å². The molecule has 2 rings (SSSR count). The van der Waals surface area contributed by atoms with Crippen molar-refractivity contribution in [3.05, 3.63) is 58.3 Å². The van der Waals surface area contributed by atoms with Crippen molar-refractivity contribution < 1.29 is 9.18 Å². The molecule has 2 aromatic rings. The molecule has 2 aromatic carbocycles. The molecule has 0 radical (unpaired) electrons. The predicted molar refractivity (Wildman–Crippen MR) is 82.4 cm³/mol. The molecule has 0 heterocycles. The molecule has 0 aliphatic carbocycles. The summed E-state index contributed by atoms with van der Waals surface area (Å²) in [5, 5.41) is 5.55. The van der Waals surface area contributed by atoms with Crippen LogP contribution in [0.1, 0.15) is 5.56 Å². The lowest BCUT2D eigenvalue weighted by atomic mass is 10.2. The van der Waals surface area contributed by atoms with Crippen LogP contribution >= 0.6 is 15.9 Å². The quantitative estimate of drug-likeness (QED) is 0.887. The molecule has 2 N–H and O–H groups in total. The third-order valence-electron chi connectivity index (χ3n) is 2.78. The number of amides is 1. The zero-order valence-electron chi connectivity index (χ0n) is 10.9. The fourth-order valence-electron chi connectivity index (χ4n) is 1.76. The van der Waals surface area contributed by atoms with Gasteiger partial charge in [0.05, 0.1) is 12.2 Å². The van der Waals surface area contributed by atoms with Crippen LogP contribution in [0.25, 0.3) is 0 Å². The fourth-order valence-corrected chi connectivity index (χ4v) is 2.03. The van der Waals surface area contributed by atoms with Crippen LogP contribution in [0, 0.1) is 12.7 Å². The summed E-state index contributed by atoms with van der Waals surface area (Å²) in [6.45, 7) is 1.80. The summed E-state index contributed by atoms with van der Waals surface area (Å²) in [6, 6.07) is 12.0. The van der Waals surface area contributed by atoms with E-state index in [-0.39, 0.29) is 18.3 Å². The first kappa shape index (κ1) is 14.5. The van der Waals surface area contributed by atoms with Gasteiger partial charge in [-0.2, -0.15) is 0 Å². The van der Waals surface area contributed by atoms with E-state index < -0.39 is 0 Å². The Kier molecular flexibility index (Phi) is 4.74. The lowest BCUT2D eigenvalue weighted by Crippen LogP contribution is -2.22. The second-order valence-electron chi connectivity index (χ2n) is 4.34. The molecule has 0 fully saturated rings. The molecular weight excluding hydrogens is 323 g/mol. The van der Waals surface area contributed by atoms with E-state index in [1.165, 1.54) is 6.07 Å². The average molecular weight is 337 g/mol. The summed E-state index contributed by atoms with van der Waals surface area (Å²) in [4.78, 5) is 11.8. The number of para-hydroxylation sites is 1. The van der Waals surface area contributed by atoms with Crippen molar-refractivity contribution in [1.29, 1.82) is 0 Å². The SMILES string of the molecule is Cc1cccc(F)c1NCC(=O)Nc1ccc(Br)cc1. The van der Waals surface area contributed by atoms with Crippen LogP contribution in [0.15, 0.2) is 46.9 Å². The third kappa shape index (κ3) is 3.81. The van der Waals surface area contributed by atoms with Gasteiger partial charge in [-0.15, -0.1) is 0 Å². The van der Waals surface area contributed by atoms with Gasteiger partial charge in [-0.3, -0.25) is 4.79 Å². The monoisotopic (exact) mass is 336 g/mol. The predicted octanol–water partition coefficient (Wildman–Crippen LogP) is 3.95. The first-order valence-electron chi connectivity index (χ1n) is 6.10. The van der Waals surface area contributed by atoms with Crippen molar-refractivity contribution in [2.45, 2.75) is 6.92 Å².